The van der Waals surface area contributed by atoms with Crippen LogP contribution in [0.5, 0.6) is 0 Å². The van der Waals surface area contributed by atoms with Crippen molar-refractivity contribution < 1.29 is 14.7 Å². The molecule has 0 aliphatic carbocycles. The maximum Gasteiger partial charge on any atom is 0.326 e. The topological polar surface area (TPSA) is 69.6 Å². The summed E-state index contributed by atoms with van der Waals surface area (Å²) >= 11 is 0. The van der Waals surface area contributed by atoms with Crippen LogP contribution in [0.2, 0.25) is 0 Å². The van der Waals surface area contributed by atoms with Crippen LogP contribution in [0.3, 0.4) is 0 Å². The van der Waals surface area contributed by atoms with E-state index in [1.54, 1.807) is 4.90 Å². The van der Waals surface area contributed by atoms with Crippen molar-refractivity contribution in [2.75, 3.05) is 19.6 Å². The lowest BCUT2D eigenvalue weighted by molar-refractivity contribution is -0.141. The molecular weight excluding hydrogens is 316 g/mol. The zero-order valence-electron chi connectivity index (χ0n) is 15.3. The van der Waals surface area contributed by atoms with E-state index >= 15 is 0 Å². The van der Waals surface area contributed by atoms with Gasteiger partial charge in [0.05, 0.1) is 0 Å². The van der Waals surface area contributed by atoms with E-state index in [4.69, 9.17) is 0 Å². The quantitative estimate of drug-likeness (QED) is 0.865. The first-order chi connectivity index (χ1) is 11.7. The Bertz CT molecular complexity index is 655. The van der Waals surface area contributed by atoms with Gasteiger partial charge in [-0.25, -0.2) is 4.79 Å². The van der Waals surface area contributed by atoms with Crippen molar-refractivity contribution in [1.29, 1.82) is 0 Å². The van der Waals surface area contributed by atoms with Gasteiger partial charge in [0, 0.05) is 12.1 Å². The predicted molar refractivity (Wildman–Crippen MR) is 96.8 cm³/mol. The van der Waals surface area contributed by atoms with E-state index in [9.17, 15) is 14.7 Å². The van der Waals surface area contributed by atoms with E-state index in [0.717, 1.165) is 31.5 Å². The summed E-state index contributed by atoms with van der Waals surface area (Å²) in [5.74, 6) is -1.06. The summed E-state index contributed by atoms with van der Waals surface area (Å²) in [5.41, 5.74) is 1.72. The van der Waals surface area contributed by atoms with E-state index in [1.807, 2.05) is 24.3 Å². The van der Waals surface area contributed by atoms with Gasteiger partial charge >= 0.3 is 5.97 Å². The highest BCUT2D eigenvalue weighted by atomic mass is 16.4. The van der Waals surface area contributed by atoms with Gasteiger partial charge in [-0.1, -0.05) is 32.9 Å². The van der Waals surface area contributed by atoms with Gasteiger partial charge in [-0.05, 0) is 60.9 Å². The first-order valence-corrected chi connectivity index (χ1v) is 9.07. The number of likely N-dealkylation sites (tertiary alicyclic amines) is 1. The number of carbonyl (C=O) groups excluding carboxylic acids is 1. The lowest BCUT2D eigenvalue weighted by Gasteiger charge is -2.33. The van der Waals surface area contributed by atoms with Gasteiger partial charge < -0.3 is 15.3 Å². The normalized spacial score (nSPS) is 23.0. The molecule has 2 fully saturated rings. The molecule has 0 aromatic heterocycles. The van der Waals surface area contributed by atoms with Crippen molar-refractivity contribution in [2.24, 2.45) is 5.41 Å². The summed E-state index contributed by atoms with van der Waals surface area (Å²) in [4.78, 5) is 26.3. The number of hydrogen-bond donors (Lipinski definition) is 2. The molecule has 2 N–H and O–H groups in total. The molecule has 2 aliphatic rings. The second kappa shape index (κ2) is 6.45. The highest BCUT2D eigenvalue weighted by Gasteiger charge is 2.49. The van der Waals surface area contributed by atoms with Crippen molar-refractivity contribution >= 4 is 11.9 Å². The lowest BCUT2D eigenvalue weighted by Crippen LogP contribution is -2.42. The predicted octanol–water partition coefficient (Wildman–Crippen LogP) is 2.65. The first-order valence-electron chi connectivity index (χ1n) is 9.07. The third kappa shape index (κ3) is 3.56. The zero-order chi connectivity index (χ0) is 18.2. The molecule has 1 atom stereocenters. The number of hydrogen-bond acceptors (Lipinski definition) is 3. The van der Waals surface area contributed by atoms with Crippen molar-refractivity contribution in [3.8, 4) is 0 Å². The second-order valence-electron chi connectivity index (χ2n) is 8.57. The van der Waals surface area contributed by atoms with Gasteiger partial charge in [0.1, 0.15) is 6.04 Å². The van der Waals surface area contributed by atoms with E-state index in [0.29, 0.717) is 18.5 Å². The molecule has 1 aromatic rings. The Labute approximate surface area is 149 Å². The molecule has 0 saturated carbocycles. The molecule has 2 aliphatic heterocycles. The maximum atomic E-state index is 13.0. The fourth-order valence-electron chi connectivity index (χ4n) is 4.09. The molecule has 2 heterocycles. The van der Waals surface area contributed by atoms with Gasteiger partial charge in [-0.2, -0.15) is 0 Å². The van der Waals surface area contributed by atoms with Crippen LogP contribution in [0, 0.1) is 5.41 Å². The lowest BCUT2D eigenvalue weighted by atomic mass is 9.77. The maximum absolute atomic E-state index is 13.0. The minimum absolute atomic E-state index is 0.0258. The Morgan fingerprint density at radius 2 is 1.76 bits per heavy atom. The van der Waals surface area contributed by atoms with Crippen molar-refractivity contribution in [3.05, 3.63) is 35.4 Å². The van der Waals surface area contributed by atoms with Crippen LogP contribution >= 0.6 is 0 Å². The number of rotatable bonds is 2. The molecule has 2 saturated heterocycles. The molecule has 1 unspecified atom stereocenters. The van der Waals surface area contributed by atoms with Crippen LogP contribution in [0.25, 0.3) is 0 Å². The minimum Gasteiger partial charge on any atom is -0.480 e. The Hall–Kier alpha value is -1.88. The fourth-order valence-corrected chi connectivity index (χ4v) is 4.09. The molecule has 0 radical (unpaired) electrons. The van der Waals surface area contributed by atoms with Crippen molar-refractivity contribution in [3.63, 3.8) is 0 Å². The highest BCUT2D eigenvalue weighted by Crippen LogP contribution is 2.42. The number of nitrogens with one attached hydrogen (secondary N) is 1. The van der Waals surface area contributed by atoms with Gasteiger partial charge in [-0.3, -0.25) is 4.79 Å². The van der Waals surface area contributed by atoms with Crippen LogP contribution in [0.1, 0.15) is 56.0 Å². The molecule has 5 nitrogen and oxygen atoms in total. The van der Waals surface area contributed by atoms with Crippen LogP contribution < -0.4 is 5.32 Å². The highest BCUT2D eigenvalue weighted by molar-refractivity contribution is 5.97. The average Bonchev–Trinajstić information content (AvgIpc) is 2.93. The Kier molecular flexibility index (Phi) is 4.62. The zero-order valence-corrected chi connectivity index (χ0v) is 15.3. The molecular formula is C20H28N2O3. The van der Waals surface area contributed by atoms with Crippen molar-refractivity contribution in [1.82, 2.24) is 10.2 Å². The third-order valence-corrected chi connectivity index (χ3v) is 5.72. The minimum atomic E-state index is -0.893. The molecule has 5 heteroatoms. The SMILES string of the molecule is CC(C)(C)c1ccc(C(=O)N2CC3(CCNCC3)CC2C(=O)O)cc1. The number of benzene rings is 1. The Morgan fingerprint density at radius 3 is 2.28 bits per heavy atom. The number of carbonyl (C=O) groups is 2. The number of carboxylic acids is 1. The van der Waals surface area contributed by atoms with Crippen LogP contribution in [0.4, 0.5) is 0 Å². The third-order valence-electron chi connectivity index (χ3n) is 5.72. The summed E-state index contributed by atoms with van der Waals surface area (Å²) in [7, 11) is 0. The first kappa shape index (κ1) is 17.9. The number of piperidine rings is 1. The van der Waals surface area contributed by atoms with Gasteiger partial charge in [0.2, 0.25) is 0 Å². The standard InChI is InChI=1S/C20H28N2O3/c1-19(2,3)15-6-4-14(5-7-15)17(23)22-13-20(8-10-21-11-9-20)12-16(22)18(24)25/h4-7,16,21H,8-13H2,1-3H3,(H,24,25). The monoisotopic (exact) mass is 344 g/mol. The smallest absolute Gasteiger partial charge is 0.326 e. The van der Waals surface area contributed by atoms with E-state index in [1.165, 1.54) is 0 Å². The van der Waals surface area contributed by atoms with Crippen LogP contribution in [-0.4, -0.2) is 47.6 Å². The van der Waals surface area contributed by atoms with E-state index in [2.05, 4.69) is 26.1 Å². The van der Waals surface area contributed by atoms with E-state index < -0.39 is 12.0 Å². The second-order valence-corrected chi connectivity index (χ2v) is 8.57. The molecule has 3 rings (SSSR count). The van der Waals surface area contributed by atoms with Gasteiger partial charge in [0.15, 0.2) is 0 Å². The number of aliphatic carboxylic acids is 1. The molecule has 1 amide bonds. The summed E-state index contributed by atoms with van der Waals surface area (Å²) in [6.45, 7) is 8.73. The molecule has 136 valence electrons. The number of nitrogens with zero attached hydrogens (tertiary/aromatic N) is 1. The number of amides is 1. The molecule has 25 heavy (non-hydrogen) atoms. The van der Waals surface area contributed by atoms with E-state index in [-0.39, 0.29) is 16.7 Å². The molecule has 1 aromatic carbocycles. The summed E-state index contributed by atoms with van der Waals surface area (Å²) in [5, 5.41) is 13.0. The summed E-state index contributed by atoms with van der Waals surface area (Å²) in [6.07, 6.45) is 2.43. The summed E-state index contributed by atoms with van der Waals surface area (Å²) < 4.78 is 0. The van der Waals surface area contributed by atoms with Gasteiger partial charge in [0.25, 0.3) is 5.91 Å². The Balaban J connectivity index is 1.83. The largest absolute Gasteiger partial charge is 0.480 e. The average molecular weight is 344 g/mol. The molecule has 1 spiro atoms. The number of carboxylic acid groups (broad SMARTS) is 1. The molecule has 0 bridgehead atoms. The van der Waals surface area contributed by atoms with Crippen LogP contribution in [0.15, 0.2) is 24.3 Å². The van der Waals surface area contributed by atoms with Gasteiger partial charge in [-0.15, -0.1) is 0 Å². The summed E-state index contributed by atoms with van der Waals surface area (Å²) in [6, 6.07) is 6.89. The Morgan fingerprint density at radius 1 is 1.16 bits per heavy atom. The van der Waals surface area contributed by atoms with Crippen molar-refractivity contribution in [2.45, 2.75) is 51.5 Å². The van der Waals surface area contributed by atoms with Crippen LogP contribution in [-0.2, 0) is 10.2 Å². The fraction of sp³-hybridized carbons (Fsp3) is 0.600.